The van der Waals surface area contributed by atoms with Gasteiger partial charge in [0, 0.05) is 0 Å². The van der Waals surface area contributed by atoms with Crippen molar-refractivity contribution in [2.45, 2.75) is 0 Å². The Bertz CT molecular complexity index is 697. The Hall–Kier alpha value is -1.35. The van der Waals surface area contributed by atoms with E-state index in [1.165, 1.54) is 0 Å². The third kappa shape index (κ3) is 22.9. The van der Waals surface area contributed by atoms with Gasteiger partial charge in [-0.1, -0.05) is 66.7 Å². The second kappa shape index (κ2) is 20.9. The average Bonchev–Trinajstić information content (AvgIpc) is 2.68. The first-order valence-corrected chi connectivity index (χ1v) is 14.7. The predicted octanol–water partition coefficient (Wildman–Crippen LogP) is 8.40. The van der Waals surface area contributed by atoms with Crippen molar-refractivity contribution in [1.82, 2.24) is 0 Å². The van der Waals surface area contributed by atoms with E-state index in [0.717, 1.165) is 11.3 Å². The van der Waals surface area contributed by atoms with Crippen molar-refractivity contribution in [3.63, 3.8) is 0 Å². The molecule has 3 aromatic rings. The Labute approximate surface area is 200 Å². The fraction of sp³-hybridized carbons (Fsp3) is 0.240. The van der Waals surface area contributed by atoms with Crippen molar-refractivity contribution in [2.75, 3.05) is 40.0 Å². The molecule has 164 valence electrons. The molecule has 0 fully saturated rings. The molecule has 0 bridgehead atoms. The summed E-state index contributed by atoms with van der Waals surface area (Å²) in [5, 5.41) is 0. The Morgan fingerprint density at radius 1 is 0.600 bits per heavy atom. The number of rotatable bonds is 2. The van der Waals surface area contributed by atoms with Crippen LogP contribution < -0.4 is 0 Å². The molecule has 0 saturated heterocycles. The number of nitrogens with one attached hydrogen (secondary N) is 1. The smallest absolute Gasteiger partial charge is 0.699 e. The maximum absolute atomic E-state index is 7.00. The second-order valence-electron chi connectivity index (χ2n) is 6.97. The van der Waals surface area contributed by atoms with Gasteiger partial charge in [0.25, 0.3) is 0 Å². The van der Waals surface area contributed by atoms with Gasteiger partial charge in [-0.3, -0.25) is 0 Å². The van der Waals surface area contributed by atoms with Crippen LogP contribution in [-0.2, 0) is 20.4 Å². The fourth-order valence-corrected chi connectivity index (χ4v) is 1.58. The molecule has 3 rings (SSSR count). The van der Waals surface area contributed by atoms with Crippen LogP contribution in [0.1, 0.15) is 5.56 Å². The van der Waals surface area contributed by atoms with Gasteiger partial charge in [0.05, 0.1) is 0 Å². The van der Waals surface area contributed by atoms with Gasteiger partial charge < -0.3 is 10.7 Å². The molecule has 0 aliphatic carbocycles. The van der Waals surface area contributed by atoms with Crippen molar-refractivity contribution in [2.24, 2.45) is 4.99 Å². The molecule has 5 heteroatoms. The van der Waals surface area contributed by atoms with Gasteiger partial charge in [-0.15, -0.1) is 51.4 Å². The van der Waals surface area contributed by atoms with Crippen LogP contribution in [0, 0.1) is 0 Å². The average molecular weight is 531 g/mol. The first-order valence-electron chi connectivity index (χ1n) is 9.36. The van der Waals surface area contributed by atoms with Gasteiger partial charge in [0.15, 0.2) is 0 Å². The van der Waals surface area contributed by atoms with E-state index in [-0.39, 0.29) is 20.4 Å². The van der Waals surface area contributed by atoms with Gasteiger partial charge in [0.1, 0.15) is 0 Å². The summed E-state index contributed by atoms with van der Waals surface area (Å²) in [6, 6.07) is 28.8. The number of nitrogens with zero attached hydrogens (tertiary/aromatic N) is 1. The van der Waals surface area contributed by atoms with E-state index in [0.29, 0.717) is 21.5 Å². The molecule has 2 nitrogen and oxygen atoms in total. The maximum atomic E-state index is 7.00. The molecular weight excluding hydrogens is 497 g/mol. The van der Waals surface area contributed by atoms with Crippen LogP contribution in [0.3, 0.4) is 0 Å². The molecule has 0 saturated carbocycles. The maximum Gasteiger partial charge on any atom is 2.00 e. The third-order valence-electron chi connectivity index (χ3n) is 2.62. The minimum Gasteiger partial charge on any atom is -0.699 e. The van der Waals surface area contributed by atoms with E-state index in [9.17, 15) is 0 Å². The van der Waals surface area contributed by atoms with Crippen molar-refractivity contribution in [1.29, 1.82) is 0 Å². The van der Waals surface area contributed by atoms with Crippen LogP contribution in [0.5, 0.6) is 0 Å². The summed E-state index contributed by atoms with van der Waals surface area (Å²) in [7, 11) is 0.759. The molecule has 1 N–H and O–H groups in total. The molecule has 0 radical (unpaired) electrons. The number of hydrogen-bond donors (Lipinski definition) is 0. The van der Waals surface area contributed by atoms with Crippen molar-refractivity contribution in [3.05, 3.63) is 102 Å². The second-order valence-corrected chi connectivity index (χ2v) is 12.3. The van der Waals surface area contributed by atoms with E-state index >= 15 is 0 Å². The third-order valence-corrected chi connectivity index (χ3v) is 2.62. The summed E-state index contributed by atoms with van der Waals surface area (Å²) in [5.41, 5.74) is 9.49. The first-order chi connectivity index (χ1) is 13.8. The zero-order valence-electron chi connectivity index (χ0n) is 18.8. The quantitative estimate of drug-likeness (QED) is 0.138. The van der Waals surface area contributed by atoms with Crippen LogP contribution in [0.25, 0.3) is 5.73 Å². The zero-order chi connectivity index (χ0) is 21.9. The van der Waals surface area contributed by atoms with Gasteiger partial charge in [-0.2, -0.15) is 0 Å². The number of para-hydroxylation sites is 1. The van der Waals surface area contributed by atoms with Crippen molar-refractivity contribution in [3.8, 4) is 0 Å². The normalized spacial score (nSPS) is 9.33. The van der Waals surface area contributed by atoms with E-state index < -0.39 is 0 Å². The molecule has 0 unspecified atom stereocenters. The summed E-state index contributed by atoms with van der Waals surface area (Å²) >= 11 is 0. The Balaban J connectivity index is 0. The topological polar surface area (TPSA) is 36.2 Å². The molecule has 0 atom stereocenters. The Morgan fingerprint density at radius 2 is 0.933 bits per heavy atom. The molecule has 0 aliphatic heterocycles. The molecule has 0 heterocycles. The summed E-state index contributed by atoms with van der Waals surface area (Å²) in [6.45, 7) is 13.4. The van der Waals surface area contributed by atoms with Gasteiger partial charge in [-0.05, 0) is 51.9 Å². The Kier molecular flexibility index (Phi) is 21.5. The largest absolute Gasteiger partial charge is 2.00 e. The summed E-state index contributed by atoms with van der Waals surface area (Å²) in [4.78, 5) is 4.23. The number of aliphatic imine (C=N–C) groups is 1. The SMILES string of the molecule is CP(C)C.CP(C)C.[C-](=Nc1ccccc1)c1ccccc1.[NH-]c1ccccc1.[Pd+2]. The molecular formula is C25H34N2P2Pd. The number of hydrogen-bond acceptors (Lipinski definition) is 1. The van der Waals surface area contributed by atoms with Gasteiger partial charge >= 0.3 is 20.4 Å². The van der Waals surface area contributed by atoms with Gasteiger partial charge in [0.2, 0.25) is 0 Å². The summed E-state index contributed by atoms with van der Waals surface area (Å²) in [5.74, 6) is 0. The standard InChI is InChI=1S/C13H10N.C6H6N.2C3H9P.Pd/c1-3-7-12(8-4-1)11-14-13-9-5-2-6-10-13;7-6-4-2-1-3-5-6;2*1-4(2)3;/h1-10H;1-5,7H;2*1-3H3;/q2*-1;;;+2. The monoisotopic (exact) mass is 530 g/mol. The van der Waals surface area contributed by atoms with E-state index in [1.807, 2.05) is 78.9 Å². The van der Waals surface area contributed by atoms with Crippen LogP contribution in [0.4, 0.5) is 11.4 Å². The molecule has 3 aromatic carbocycles. The summed E-state index contributed by atoms with van der Waals surface area (Å²) in [6.07, 6.45) is 2.99. The van der Waals surface area contributed by atoms with Crippen molar-refractivity contribution >= 4 is 33.4 Å². The predicted molar refractivity (Wildman–Crippen MR) is 139 cm³/mol. The molecule has 0 spiro atoms. The molecule has 0 aromatic heterocycles. The molecule has 0 aliphatic rings. The zero-order valence-corrected chi connectivity index (χ0v) is 22.2. The van der Waals surface area contributed by atoms with E-state index in [4.69, 9.17) is 5.73 Å². The Morgan fingerprint density at radius 3 is 1.27 bits per heavy atom. The van der Waals surface area contributed by atoms with Crippen LogP contribution in [0.2, 0.25) is 0 Å². The van der Waals surface area contributed by atoms with Crippen LogP contribution in [0.15, 0.2) is 96.0 Å². The summed E-state index contributed by atoms with van der Waals surface area (Å²) < 4.78 is 0. The minimum absolute atomic E-state index is 0. The molecule has 30 heavy (non-hydrogen) atoms. The van der Waals surface area contributed by atoms with Crippen LogP contribution in [-0.4, -0.2) is 46.2 Å². The minimum atomic E-state index is 0. The number of benzene rings is 3. The first kappa shape index (κ1) is 30.8. The van der Waals surface area contributed by atoms with Gasteiger partial charge in [-0.25, -0.2) is 0 Å². The van der Waals surface area contributed by atoms with E-state index in [2.05, 4.69) is 51.2 Å². The van der Waals surface area contributed by atoms with E-state index in [1.54, 1.807) is 12.1 Å². The fourth-order valence-electron chi connectivity index (χ4n) is 1.58. The molecule has 0 amide bonds. The van der Waals surface area contributed by atoms with Crippen LogP contribution >= 0.6 is 15.8 Å². The van der Waals surface area contributed by atoms with Crippen molar-refractivity contribution < 1.29 is 20.4 Å².